The van der Waals surface area contributed by atoms with Crippen molar-refractivity contribution in [1.29, 1.82) is 0 Å². The number of nitrogens with one attached hydrogen (secondary N) is 2. The van der Waals surface area contributed by atoms with Crippen LogP contribution in [0.4, 0.5) is 5.69 Å². The summed E-state index contributed by atoms with van der Waals surface area (Å²) in [4.78, 5) is 51.2. The van der Waals surface area contributed by atoms with E-state index in [0.29, 0.717) is 53.9 Å². The second-order valence-corrected chi connectivity index (χ2v) is 9.11. The van der Waals surface area contributed by atoms with Crippen LogP contribution in [0.2, 0.25) is 0 Å². The van der Waals surface area contributed by atoms with E-state index in [1.54, 1.807) is 65.0 Å². The van der Waals surface area contributed by atoms with Crippen molar-refractivity contribution in [2.24, 2.45) is 11.7 Å². The van der Waals surface area contributed by atoms with E-state index in [0.717, 1.165) is 5.56 Å². The quantitative estimate of drug-likeness (QED) is 0.303. The summed E-state index contributed by atoms with van der Waals surface area (Å²) >= 11 is 0. The molecule has 1 aliphatic rings. The molecule has 3 aromatic rings. The van der Waals surface area contributed by atoms with Gasteiger partial charge < -0.3 is 16.0 Å². The molecule has 5 N–H and O–H groups in total. The van der Waals surface area contributed by atoms with Crippen molar-refractivity contribution in [1.82, 2.24) is 10.4 Å². The third kappa shape index (κ3) is 6.02. The molecule has 0 radical (unpaired) electrons. The van der Waals surface area contributed by atoms with Gasteiger partial charge in [-0.15, -0.1) is 0 Å². The molecule has 1 aliphatic heterocycles. The van der Waals surface area contributed by atoms with Crippen LogP contribution in [0.25, 0.3) is 11.1 Å². The lowest BCUT2D eigenvalue weighted by Crippen LogP contribution is -2.41. The molecule has 0 saturated carbocycles. The molecule has 0 aromatic heterocycles. The van der Waals surface area contributed by atoms with Crippen LogP contribution < -0.4 is 16.5 Å². The van der Waals surface area contributed by atoms with Gasteiger partial charge in [0.05, 0.1) is 0 Å². The Balaban J connectivity index is 1.65. The Hall–Kier alpha value is -4.50. The number of likely N-dealkylation sites (tertiary alicyclic amines) is 1. The maximum absolute atomic E-state index is 13.4. The summed E-state index contributed by atoms with van der Waals surface area (Å²) in [6.45, 7) is 2.75. The summed E-state index contributed by atoms with van der Waals surface area (Å²) in [5, 5.41) is 11.7. The molecule has 4 amide bonds. The molecule has 9 nitrogen and oxygen atoms in total. The van der Waals surface area contributed by atoms with Gasteiger partial charge in [-0.05, 0) is 73.4 Å². The molecule has 0 spiro atoms. The van der Waals surface area contributed by atoms with E-state index in [1.165, 1.54) is 0 Å². The summed E-state index contributed by atoms with van der Waals surface area (Å²) in [5.74, 6) is -1.76. The molecule has 190 valence electrons. The molecule has 0 atom stereocenters. The topological polar surface area (TPSA) is 142 Å². The highest BCUT2D eigenvalue weighted by Gasteiger charge is 2.27. The van der Waals surface area contributed by atoms with Gasteiger partial charge in [-0.2, -0.15) is 0 Å². The van der Waals surface area contributed by atoms with Crippen molar-refractivity contribution in [2.75, 3.05) is 18.4 Å². The predicted molar refractivity (Wildman–Crippen MR) is 138 cm³/mol. The molecule has 37 heavy (non-hydrogen) atoms. The average molecular weight is 501 g/mol. The maximum atomic E-state index is 13.4. The van der Waals surface area contributed by atoms with Gasteiger partial charge in [0.15, 0.2) is 0 Å². The van der Waals surface area contributed by atoms with Gasteiger partial charge in [-0.1, -0.05) is 29.8 Å². The first kappa shape index (κ1) is 25.6. The lowest BCUT2D eigenvalue weighted by atomic mass is 9.95. The van der Waals surface area contributed by atoms with E-state index in [2.05, 4.69) is 5.32 Å². The third-order valence-electron chi connectivity index (χ3n) is 6.52. The van der Waals surface area contributed by atoms with Gasteiger partial charge in [0.2, 0.25) is 5.91 Å². The number of hydroxylamine groups is 1. The lowest BCUT2D eigenvalue weighted by Gasteiger charge is -2.30. The molecular weight excluding hydrogens is 472 g/mol. The third-order valence-corrected chi connectivity index (χ3v) is 6.52. The normalized spacial score (nSPS) is 13.6. The van der Waals surface area contributed by atoms with Crippen LogP contribution in [0.1, 0.15) is 49.5 Å². The van der Waals surface area contributed by atoms with E-state index in [9.17, 15) is 19.2 Å². The fourth-order valence-electron chi connectivity index (χ4n) is 4.33. The zero-order valence-electron chi connectivity index (χ0n) is 20.4. The number of hydrogen-bond donors (Lipinski definition) is 4. The smallest absolute Gasteiger partial charge is 0.274 e. The van der Waals surface area contributed by atoms with E-state index in [-0.39, 0.29) is 29.2 Å². The summed E-state index contributed by atoms with van der Waals surface area (Å²) < 4.78 is 0. The number of carbonyl (C=O) groups is 4. The number of benzene rings is 3. The highest BCUT2D eigenvalue weighted by Crippen LogP contribution is 2.28. The van der Waals surface area contributed by atoms with Gasteiger partial charge in [0.1, 0.15) is 0 Å². The van der Waals surface area contributed by atoms with Crippen molar-refractivity contribution in [2.45, 2.75) is 19.8 Å². The minimum absolute atomic E-state index is 0.216. The maximum Gasteiger partial charge on any atom is 0.274 e. The lowest BCUT2D eigenvalue weighted by molar-refractivity contribution is -0.123. The first-order chi connectivity index (χ1) is 17.7. The molecule has 0 unspecified atom stereocenters. The van der Waals surface area contributed by atoms with E-state index in [4.69, 9.17) is 10.9 Å². The molecule has 0 bridgehead atoms. The first-order valence-electron chi connectivity index (χ1n) is 11.9. The molecule has 4 rings (SSSR count). The molecular formula is C28H28N4O5. The SMILES string of the molecule is Cc1ccc(C(=O)Nc2cc(C(=O)N3CCC(C(N)=O)CC3)cc(-c3ccc(C(=O)NO)cc3)c2)cc1. The van der Waals surface area contributed by atoms with Crippen LogP contribution in [-0.2, 0) is 4.79 Å². The summed E-state index contributed by atoms with van der Waals surface area (Å²) in [6, 6.07) is 18.8. The number of nitrogens with two attached hydrogens (primary N) is 1. The number of aryl methyl sites for hydroxylation is 1. The fraction of sp³-hybridized carbons (Fsp3) is 0.214. The van der Waals surface area contributed by atoms with Crippen molar-refractivity contribution in [3.8, 4) is 11.1 Å². The second kappa shape index (κ2) is 11.0. The van der Waals surface area contributed by atoms with E-state index in [1.807, 2.05) is 19.1 Å². The fourth-order valence-corrected chi connectivity index (χ4v) is 4.33. The van der Waals surface area contributed by atoms with Gasteiger partial charge >= 0.3 is 0 Å². The van der Waals surface area contributed by atoms with Crippen LogP contribution in [-0.4, -0.2) is 46.8 Å². The number of amides is 4. The number of anilines is 1. The van der Waals surface area contributed by atoms with Crippen molar-refractivity contribution in [3.63, 3.8) is 0 Å². The van der Waals surface area contributed by atoms with E-state index >= 15 is 0 Å². The van der Waals surface area contributed by atoms with Crippen LogP contribution >= 0.6 is 0 Å². The zero-order valence-corrected chi connectivity index (χ0v) is 20.4. The minimum Gasteiger partial charge on any atom is -0.369 e. The van der Waals surface area contributed by atoms with Crippen molar-refractivity contribution >= 4 is 29.3 Å². The van der Waals surface area contributed by atoms with Gasteiger partial charge in [-0.25, -0.2) is 5.48 Å². The van der Waals surface area contributed by atoms with Crippen molar-refractivity contribution in [3.05, 3.63) is 89.0 Å². The monoisotopic (exact) mass is 500 g/mol. The molecule has 1 heterocycles. The summed E-state index contributed by atoms with van der Waals surface area (Å²) in [5.41, 5.74) is 11.0. The Morgan fingerprint density at radius 2 is 1.41 bits per heavy atom. The Labute approximate surface area is 214 Å². The van der Waals surface area contributed by atoms with Crippen LogP contribution in [0.5, 0.6) is 0 Å². The average Bonchev–Trinajstić information content (AvgIpc) is 2.92. The Bertz CT molecular complexity index is 1330. The number of primary amides is 1. The molecule has 1 saturated heterocycles. The van der Waals surface area contributed by atoms with Crippen LogP contribution in [0.15, 0.2) is 66.7 Å². The Morgan fingerprint density at radius 3 is 2.00 bits per heavy atom. The van der Waals surface area contributed by atoms with Crippen molar-refractivity contribution < 1.29 is 24.4 Å². The highest BCUT2D eigenvalue weighted by molar-refractivity contribution is 6.06. The number of hydrogen-bond acceptors (Lipinski definition) is 5. The number of rotatable bonds is 6. The largest absolute Gasteiger partial charge is 0.369 e. The van der Waals surface area contributed by atoms with Gasteiger partial charge in [-0.3, -0.25) is 24.4 Å². The Morgan fingerprint density at radius 1 is 0.811 bits per heavy atom. The molecule has 3 aromatic carbocycles. The first-order valence-corrected chi connectivity index (χ1v) is 11.9. The van der Waals surface area contributed by atoms with Crippen LogP contribution in [0.3, 0.4) is 0 Å². The standard InChI is InChI=1S/C28H28N4O5/c1-17-2-4-20(5-3-17)26(34)30-24-15-22(18-6-8-21(9-7-18)27(35)31-37)14-23(16-24)28(36)32-12-10-19(11-13-32)25(29)33/h2-9,14-16,19,37H,10-13H2,1H3,(H2,29,33)(H,30,34)(H,31,35). The summed E-state index contributed by atoms with van der Waals surface area (Å²) in [6.07, 6.45) is 1.01. The minimum atomic E-state index is -0.638. The predicted octanol–water partition coefficient (Wildman–Crippen LogP) is 3.37. The summed E-state index contributed by atoms with van der Waals surface area (Å²) in [7, 11) is 0. The number of nitrogens with zero attached hydrogens (tertiary/aromatic N) is 1. The molecule has 9 heteroatoms. The van der Waals surface area contributed by atoms with Crippen LogP contribution in [0, 0.1) is 12.8 Å². The second-order valence-electron chi connectivity index (χ2n) is 9.11. The van der Waals surface area contributed by atoms with Gasteiger partial charge in [0.25, 0.3) is 17.7 Å². The Kier molecular flexibility index (Phi) is 7.64. The molecule has 1 fully saturated rings. The number of piperidine rings is 1. The highest BCUT2D eigenvalue weighted by atomic mass is 16.5. The van der Waals surface area contributed by atoms with Gasteiger partial charge in [0, 0.05) is 41.4 Å². The number of carbonyl (C=O) groups excluding carboxylic acids is 4. The zero-order chi connectivity index (χ0) is 26.5. The van der Waals surface area contributed by atoms with E-state index < -0.39 is 5.91 Å². The molecule has 0 aliphatic carbocycles.